The molecule has 1 aliphatic heterocycles. The Kier molecular flexibility index (Phi) is 5.79. The molecule has 0 aliphatic carbocycles. The number of nitrogens with zero attached hydrogens (tertiary/aromatic N) is 2. The molecule has 2 N–H and O–H groups in total. The van der Waals surface area contributed by atoms with Gasteiger partial charge in [-0.3, -0.25) is 9.59 Å². The topological polar surface area (TPSA) is 90.0 Å². The third-order valence-electron chi connectivity index (χ3n) is 3.25. The minimum absolute atomic E-state index is 0.0172. The van der Waals surface area contributed by atoms with Crippen LogP contribution in [-0.4, -0.2) is 65.0 Å². The Morgan fingerprint density at radius 3 is 2.60 bits per heavy atom. The molecule has 0 bridgehead atoms. The second-order valence-electron chi connectivity index (χ2n) is 5.36. The van der Waals surface area contributed by atoms with Crippen molar-refractivity contribution in [2.75, 3.05) is 20.1 Å². The average Bonchev–Trinajstić information content (AvgIpc) is 2.83. The first-order valence-corrected chi connectivity index (χ1v) is 6.86. The Morgan fingerprint density at radius 2 is 2.05 bits per heavy atom. The fraction of sp³-hybridized carbons (Fsp3) is 0.769. The highest BCUT2D eigenvalue weighted by Gasteiger charge is 2.35. The number of carboxylic acid groups (broad SMARTS) is 1. The Morgan fingerprint density at radius 1 is 1.40 bits per heavy atom. The number of likely N-dealkylation sites (tertiary alicyclic amines) is 1. The van der Waals surface area contributed by atoms with Crippen molar-refractivity contribution in [2.45, 2.75) is 45.2 Å². The lowest BCUT2D eigenvalue weighted by atomic mass is 10.2. The van der Waals surface area contributed by atoms with E-state index in [4.69, 9.17) is 5.11 Å². The molecule has 1 heterocycles. The van der Waals surface area contributed by atoms with E-state index in [-0.39, 0.29) is 30.9 Å². The molecular formula is C13H23N3O4. The van der Waals surface area contributed by atoms with Gasteiger partial charge in [0.05, 0.1) is 6.42 Å². The number of carbonyl (C=O) groups excluding carboxylic acids is 2. The van der Waals surface area contributed by atoms with Crippen LogP contribution in [0.2, 0.25) is 0 Å². The van der Waals surface area contributed by atoms with E-state index < -0.39 is 12.0 Å². The molecule has 0 aromatic carbocycles. The van der Waals surface area contributed by atoms with Crippen molar-refractivity contribution in [3.63, 3.8) is 0 Å². The fourth-order valence-electron chi connectivity index (χ4n) is 2.22. The highest BCUT2D eigenvalue weighted by Crippen LogP contribution is 2.19. The number of aliphatic carboxylic acids is 1. The number of carbonyl (C=O) groups is 3. The Bertz CT molecular complexity index is 384. The maximum atomic E-state index is 12.3. The molecule has 1 rings (SSSR count). The quantitative estimate of drug-likeness (QED) is 0.769. The molecule has 1 saturated heterocycles. The molecule has 0 spiro atoms. The molecule has 0 aromatic heterocycles. The second-order valence-corrected chi connectivity index (χ2v) is 5.36. The molecule has 114 valence electrons. The van der Waals surface area contributed by atoms with Crippen LogP contribution >= 0.6 is 0 Å². The van der Waals surface area contributed by atoms with Gasteiger partial charge < -0.3 is 20.2 Å². The van der Waals surface area contributed by atoms with Gasteiger partial charge in [-0.05, 0) is 26.7 Å². The molecule has 7 nitrogen and oxygen atoms in total. The summed E-state index contributed by atoms with van der Waals surface area (Å²) < 4.78 is 0. The van der Waals surface area contributed by atoms with Gasteiger partial charge in [-0.15, -0.1) is 0 Å². The Hall–Kier alpha value is -1.79. The van der Waals surface area contributed by atoms with E-state index >= 15 is 0 Å². The number of nitrogens with one attached hydrogen (secondary N) is 1. The standard InChI is InChI=1S/C13H23N3O4/c1-9(2)14-13(20)16-7-4-5-10(16)12(19)15(3)8-6-11(17)18/h9-10H,4-8H2,1-3H3,(H,14,20)(H,17,18)/t10-/m0/s1. The third-order valence-corrected chi connectivity index (χ3v) is 3.25. The minimum Gasteiger partial charge on any atom is -0.481 e. The predicted molar refractivity (Wildman–Crippen MR) is 73.3 cm³/mol. The van der Waals surface area contributed by atoms with Gasteiger partial charge in [0.15, 0.2) is 0 Å². The summed E-state index contributed by atoms with van der Waals surface area (Å²) in [6, 6.07) is -0.696. The van der Waals surface area contributed by atoms with Gasteiger partial charge in [-0.25, -0.2) is 4.79 Å². The summed E-state index contributed by atoms with van der Waals surface area (Å²) in [5.74, 6) is -1.13. The first kappa shape index (κ1) is 16.3. The van der Waals surface area contributed by atoms with Crippen LogP contribution < -0.4 is 5.32 Å². The first-order chi connectivity index (χ1) is 9.32. The van der Waals surface area contributed by atoms with Crippen molar-refractivity contribution in [2.24, 2.45) is 0 Å². The average molecular weight is 285 g/mol. The van der Waals surface area contributed by atoms with Crippen molar-refractivity contribution < 1.29 is 19.5 Å². The van der Waals surface area contributed by atoms with Crippen molar-refractivity contribution >= 4 is 17.9 Å². The molecule has 1 atom stereocenters. The summed E-state index contributed by atoms with van der Waals surface area (Å²) in [7, 11) is 1.57. The Balaban J connectivity index is 2.61. The summed E-state index contributed by atoms with van der Waals surface area (Å²) in [6.45, 7) is 4.44. The van der Waals surface area contributed by atoms with Crippen LogP contribution in [0.5, 0.6) is 0 Å². The van der Waals surface area contributed by atoms with Crippen molar-refractivity contribution in [3.8, 4) is 0 Å². The van der Waals surface area contributed by atoms with Crippen LogP contribution in [0.25, 0.3) is 0 Å². The smallest absolute Gasteiger partial charge is 0.318 e. The number of carboxylic acids is 1. The van der Waals surface area contributed by atoms with E-state index in [1.807, 2.05) is 13.8 Å². The SMILES string of the molecule is CC(C)NC(=O)N1CCC[C@H]1C(=O)N(C)CCC(=O)O. The summed E-state index contributed by atoms with van der Waals surface area (Å²) in [5, 5.41) is 11.4. The van der Waals surface area contributed by atoms with Crippen LogP contribution in [0.1, 0.15) is 33.1 Å². The van der Waals surface area contributed by atoms with Crippen LogP contribution in [-0.2, 0) is 9.59 Å². The van der Waals surface area contributed by atoms with E-state index in [1.165, 1.54) is 4.90 Å². The fourth-order valence-corrected chi connectivity index (χ4v) is 2.22. The maximum absolute atomic E-state index is 12.3. The molecule has 0 unspecified atom stereocenters. The summed E-state index contributed by atoms with van der Waals surface area (Å²) in [6.07, 6.45) is 1.32. The Labute approximate surface area is 118 Å². The number of likely N-dealkylation sites (N-methyl/N-ethyl adjacent to an activating group) is 1. The zero-order valence-corrected chi connectivity index (χ0v) is 12.3. The zero-order valence-electron chi connectivity index (χ0n) is 12.3. The van der Waals surface area contributed by atoms with Gasteiger partial charge in [0.25, 0.3) is 0 Å². The normalized spacial score (nSPS) is 18.2. The summed E-state index contributed by atoms with van der Waals surface area (Å²) >= 11 is 0. The highest BCUT2D eigenvalue weighted by atomic mass is 16.4. The first-order valence-electron chi connectivity index (χ1n) is 6.86. The lowest BCUT2D eigenvalue weighted by molar-refractivity contribution is -0.139. The minimum atomic E-state index is -0.939. The van der Waals surface area contributed by atoms with E-state index in [1.54, 1.807) is 11.9 Å². The van der Waals surface area contributed by atoms with Gasteiger partial charge in [0.2, 0.25) is 5.91 Å². The maximum Gasteiger partial charge on any atom is 0.318 e. The number of rotatable bonds is 5. The van der Waals surface area contributed by atoms with Crippen LogP contribution in [0.4, 0.5) is 4.79 Å². The largest absolute Gasteiger partial charge is 0.481 e. The molecule has 1 fully saturated rings. The lowest BCUT2D eigenvalue weighted by Crippen LogP contribution is -2.51. The van der Waals surface area contributed by atoms with Gasteiger partial charge in [0, 0.05) is 26.2 Å². The molecule has 0 saturated carbocycles. The second kappa shape index (κ2) is 7.12. The van der Waals surface area contributed by atoms with Crippen molar-refractivity contribution in [1.82, 2.24) is 15.1 Å². The highest BCUT2D eigenvalue weighted by molar-refractivity contribution is 5.87. The summed E-state index contributed by atoms with van der Waals surface area (Å²) in [5.41, 5.74) is 0. The number of hydrogen-bond acceptors (Lipinski definition) is 3. The van der Waals surface area contributed by atoms with Crippen LogP contribution in [0.3, 0.4) is 0 Å². The predicted octanol–water partition coefficient (Wildman–Crippen LogP) is 0.502. The van der Waals surface area contributed by atoms with Gasteiger partial charge in [-0.1, -0.05) is 0 Å². The molecule has 3 amide bonds. The molecular weight excluding hydrogens is 262 g/mol. The van der Waals surface area contributed by atoms with E-state index in [0.717, 1.165) is 6.42 Å². The van der Waals surface area contributed by atoms with Gasteiger partial charge in [-0.2, -0.15) is 0 Å². The number of amides is 3. The van der Waals surface area contributed by atoms with E-state index in [9.17, 15) is 14.4 Å². The van der Waals surface area contributed by atoms with Gasteiger partial charge in [0.1, 0.15) is 6.04 Å². The van der Waals surface area contributed by atoms with Crippen molar-refractivity contribution in [3.05, 3.63) is 0 Å². The summed E-state index contributed by atoms with van der Waals surface area (Å²) in [4.78, 5) is 37.7. The van der Waals surface area contributed by atoms with E-state index in [0.29, 0.717) is 13.0 Å². The lowest BCUT2D eigenvalue weighted by Gasteiger charge is -2.28. The molecule has 1 aliphatic rings. The van der Waals surface area contributed by atoms with Gasteiger partial charge >= 0.3 is 12.0 Å². The number of urea groups is 1. The zero-order chi connectivity index (χ0) is 15.3. The molecule has 7 heteroatoms. The van der Waals surface area contributed by atoms with Crippen LogP contribution in [0.15, 0.2) is 0 Å². The van der Waals surface area contributed by atoms with Crippen LogP contribution in [0, 0.1) is 0 Å². The number of hydrogen-bond donors (Lipinski definition) is 2. The third kappa shape index (κ3) is 4.40. The molecule has 20 heavy (non-hydrogen) atoms. The molecule has 0 radical (unpaired) electrons. The monoisotopic (exact) mass is 285 g/mol. The van der Waals surface area contributed by atoms with E-state index in [2.05, 4.69) is 5.32 Å². The molecule has 0 aromatic rings. The van der Waals surface area contributed by atoms with Crippen molar-refractivity contribution in [1.29, 1.82) is 0 Å².